The van der Waals surface area contributed by atoms with E-state index in [2.05, 4.69) is 10.3 Å². The summed E-state index contributed by atoms with van der Waals surface area (Å²) in [5.74, 6) is 0.141. The van der Waals surface area contributed by atoms with Gasteiger partial charge in [0.25, 0.3) is 5.91 Å². The second kappa shape index (κ2) is 8.76. The van der Waals surface area contributed by atoms with Crippen molar-refractivity contribution in [1.82, 2.24) is 5.32 Å². The number of nitrogens with zero attached hydrogens (tertiary/aromatic N) is 1. The molecule has 27 heavy (non-hydrogen) atoms. The Morgan fingerprint density at radius 1 is 1.15 bits per heavy atom. The molecule has 0 bridgehead atoms. The summed E-state index contributed by atoms with van der Waals surface area (Å²) in [4.78, 5) is 17.0. The average molecular weight is 462 g/mol. The van der Waals surface area contributed by atoms with Gasteiger partial charge in [-0.1, -0.05) is 52.5 Å². The fourth-order valence-electron chi connectivity index (χ4n) is 2.27. The zero-order valence-corrected chi connectivity index (χ0v) is 17.7. The molecular weight excluding hydrogens is 450 g/mol. The first-order valence-electron chi connectivity index (χ1n) is 7.74. The summed E-state index contributed by atoms with van der Waals surface area (Å²) < 4.78 is 5.41. The van der Waals surface area contributed by atoms with Crippen molar-refractivity contribution in [2.24, 2.45) is 4.99 Å². The number of halogens is 4. The van der Waals surface area contributed by atoms with Gasteiger partial charge in [-0.25, -0.2) is 4.99 Å². The molecule has 1 heterocycles. The highest BCUT2D eigenvalue weighted by molar-refractivity contribution is 8.18. The lowest BCUT2D eigenvalue weighted by Crippen LogP contribution is -2.19. The highest BCUT2D eigenvalue weighted by Gasteiger charge is 2.24. The highest BCUT2D eigenvalue weighted by atomic mass is 35.5. The van der Waals surface area contributed by atoms with Gasteiger partial charge < -0.3 is 10.1 Å². The minimum atomic E-state index is -0.280. The second-order valence-corrected chi connectivity index (χ2v) is 7.93. The molecule has 1 fully saturated rings. The van der Waals surface area contributed by atoms with E-state index in [1.807, 2.05) is 6.92 Å². The maximum Gasteiger partial charge on any atom is 0.264 e. The van der Waals surface area contributed by atoms with Crippen molar-refractivity contribution in [2.45, 2.75) is 6.92 Å². The maximum absolute atomic E-state index is 12.2. The van der Waals surface area contributed by atoms with E-state index >= 15 is 0 Å². The summed E-state index contributed by atoms with van der Waals surface area (Å²) in [6.07, 6.45) is 1.68. The van der Waals surface area contributed by atoms with Crippen molar-refractivity contribution in [3.63, 3.8) is 0 Å². The molecule has 0 aliphatic carbocycles. The summed E-state index contributed by atoms with van der Waals surface area (Å²) >= 11 is 25.7. The third kappa shape index (κ3) is 4.73. The monoisotopic (exact) mass is 460 g/mol. The smallest absolute Gasteiger partial charge is 0.264 e. The van der Waals surface area contributed by atoms with Gasteiger partial charge in [0, 0.05) is 0 Å². The normalized spacial score (nSPS) is 16.9. The number of hydrogen-bond acceptors (Lipinski definition) is 4. The molecule has 1 amide bonds. The van der Waals surface area contributed by atoms with Gasteiger partial charge in [-0.05, 0) is 54.6 Å². The fraction of sp³-hybridized carbons (Fsp3) is 0.111. The number of nitrogens with one attached hydrogen (secondary N) is 1. The van der Waals surface area contributed by atoms with Crippen molar-refractivity contribution in [3.8, 4) is 5.75 Å². The van der Waals surface area contributed by atoms with Crippen molar-refractivity contribution in [3.05, 3.63) is 60.9 Å². The van der Waals surface area contributed by atoms with Crippen LogP contribution in [0.2, 0.25) is 20.1 Å². The molecule has 9 heteroatoms. The van der Waals surface area contributed by atoms with Gasteiger partial charge >= 0.3 is 0 Å². The Morgan fingerprint density at radius 3 is 2.52 bits per heavy atom. The van der Waals surface area contributed by atoms with Gasteiger partial charge in [-0.15, -0.1) is 0 Å². The summed E-state index contributed by atoms with van der Waals surface area (Å²) in [5, 5.41) is 4.56. The minimum Gasteiger partial charge on any atom is -0.491 e. The van der Waals surface area contributed by atoms with Crippen LogP contribution in [0.15, 0.2) is 40.2 Å². The number of carbonyl (C=O) groups excluding carboxylic acids is 1. The average Bonchev–Trinajstić information content (AvgIpc) is 2.94. The molecule has 0 unspecified atom stereocenters. The summed E-state index contributed by atoms with van der Waals surface area (Å²) in [6.45, 7) is 2.29. The molecule has 4 nitrogen and oxygen atoms in total. The number of hydrogen-bond donors (Lipinski definition) is 1. The summed E-state index contributed by atoms with van der Waals surface area (Å²) in [6, 6.07) is 8.47. The van der Waals surface area contributed by atoms with Crippen molar-refractivity contribution < 1.29 is 9.53 Å². The lowest BCUT2D eigenvalue weighted by Gasteiger charge is -2.08. The summed E-state index contributed by atoms with van der Waals surface area (Å²) in [5.41, 5.74) is 1.15. The van der Waals surface area contributed by atoms with E-state index in [0.717, 1.165) is 0 Å². The molecule has 0 radical (unpaired) electrons. The third-order valence-electron chi connectivity index (χ3n) is 3.41. The van der Waals surface area contributed by atoms with Crippen molar-refractivity contribution >= 4 is 81.0 Å². The van der Waals surface area contributed by atoms with Crippen LogP contribution in [0, 0.1) is 0 Å². The number of carbonyl (C=O) groups is 1. The number of rotatable bonds is 4. The SMILES string of the molecule is CCOc1c(Cl)cc(/C=C2/SC(=Nc3cccc(Cl)c3Cl)NC2=O)cc1Cl. The number of aliphatic imine (C=N–C) groups is 1. The Balaban J connectivity index is 1.87. The molecule has 140 valence electrons. The number of amides is 1. The van der Waals surface area contributed by atoms with Gasteiger partial charge in [0.05, 0.1) is 37.3 Å². The van der Waals surface area contributed by atoms with Crippen LogP contribution in [0.25, 0.3) is 6.08 Å². The summed E-state index contributed by atoms with van der Waals surface area (Å²) in [7, 11) is 0. The van der Waals surface area contributed by atoms with E-state index in [1.165, 1.54) is 11.8 Å². The molecule has 1 aliphatic rings. The van der Waals surface area contributed by atoms with E-state index in [0.29, 0.717) is 53.8 Å². The van der Waals surface area contributed by atoms with Crippen LogP contribution >= 0.6 is 58.2 Å². The first-order chi connectivity index (χ1) is 12.9. The molecule has 0 atom stereocenters. The first kappa shape index (κ1) is 20.4. The van der Waals surface area contributed by atoms with Crippen LogP contribution in [0.5, 0.6) is 5.75 Å². The predicted octanol–water partition coefficient (Wildman–Crippen LogP) is 6.59. The van der Waals surface area contributed by atoms with E-state index in [4.69, 9.17) is 51.1 Å². The molecular formula is C18H12Cl4N2O2S. The van der Waals surface area contributed by atoms with Gasteiger partial charge in [-0.3, -0.25) is 4.79 Å². The molecule has 0 spiro atoms. The molecule has 2 aromatic carbocycles. The fourth-order valence-corrected chi connectivity index (χ4v) is 4.05. The molecule has 1 saturated heterocycles. The molecule has 3 rings (SSSR count). The Morgan fingerprint density at radius 2 is 1.85 bits per heavy atom. The number of amidine groups is 1. The quantitative estimate of drug-likeness (QED) is 0.522. The van der Waals surface area contributed by atoms with Crippen molar-refractivity contribution in [1.29, 1.82) is 0 Å². The van der Waals surface area contributed by atoms with Gasteiger partial charge in [0.2, 0.25) is 0 Å². The Kier molecular flexibility index (Phi) is 6.61. The Labute approximate surface area is 180 Å². The zero-order chi connectivity index (χ0) is 19.6. The van der Waals surface area contributed by atoms with Gasteiger partial charge in [0.1, 0.15) is 0 Å². The molecule has 2 aromatic rings. The second-order valence-electron chi connectivity index (χ2n) is 5.30. The van der Waals surface area contributed by atoms with Crippen LogP contribution < -0.4 is 10.1 Å². The standard InChI is InChI=1S/C18H12Cl4N2O2S/c1-2-26-16-11(20)6-9(7-12(16)21)8-14-17(25)24-18(27-14)23-13-5-3-4-10(19)15(13)22/h3-8H,2H2,1H3,(H,23,24,25)/b14-8+. The van der Waals surface area contributed by atoms with Crippen molar-refractivity contribution in [2.75, 3.05) is 6.61 Å². The largest absolute Gasteiger partial charge is 0.491 e. The van der Waals surface area contributed by atoms with E-state index in [1.54, 1.807) is 36.4 Å². The molecule has 1 aliphatic heterocycles. The van der Waals surface area contributed by atoms with Crippen LogP contribution in [0.3, 0.4) is 0 Å². The lowest BCUT2D eigenvalue weighted by atomic mass is 10.2. The number of thioether (sulfide) groups is 1. The van der Waals surface area contributed by atoms with Gasteiger partial charge in [0.15, 0.2) is 10.9 Å². The minimum absolute atomic E-state index is 0.280. The maximum atomic E-state index is 12.2. The van der Waals surface area contributed by atoms with E-state index in [9.17, 15) is 4.79 Å². The number of ether oxygens (including phenoxy) is 1. The molecule has 0 aromatic heterocycles. The topological polar surface area (TPSA) is 50.7 Å². The van der Waals surface area contributed by atoms with Crippen LogP contribution in [0.1, 0.15) is 12.5 Å². The van der Waals surface area contributed by atoms with Crippen LogP contribution in [0.4, 0.5) is 5.69 Å². The Bertz CT molecular complexity index is 953. The predicted molar refractivity (Wildman–Crippen MR) is 115 cm³/mol. The van der Waals surface area contributed by atoms with Gasteiger partial charge in [-0.2, -0.15) is 0 Å². The first-order valence-corrected chi connectivity index (χ1v) is 10.1. The lowest BCUT2D eigenvalue weighted by molar-refractivity contribution is -0.115. The van der Waals surface area contributed by atoms with E-state index in [-0.39, 0.29) is 5.91 Å². The number of benzene rings is 2. The van der Waals surface area contributed by atoms with E-state index < -0.39 is 0 Å². The highest BCUT2D eigenvalue weighted by Crippen LogP contribution is 2.37. The molecule has 0 saturated carbocycles. The Hall–Kier alpha value is -1.37. The third-order valence-corrected chi connectivity index (χ3v) is 5.69. The van der Waals surface area contributed by atoms with Crippen LogP contribution in [-0.2, 0) is 4.79 Å². The zero-order valence-electron chi connectivity index (χ0n) is 13.9. The van der Waals surface area contributed by atoms with Crippen LogP contribution in [-0.4, -0.2) is 17.7 Å². The molecule has 1 N–H and O–H groups in total.